The summed E-state index contributed by atoms with van der Waals surface area (Å²) in [5, 5.41) is 0. The Morgan fingerprint density at radius 3 is 2.00 bits per heavy atom. The fourth-order valence-corrected chi connectivity index (χ4v) is 5.28. The van der Waals surface area contributed by atoms with Crippen LogP contribution < -0.4 is 0 Å². The van der Waals surface area contributed by atoms with Gasteiger partial charge < -0.3 is 4.90 Å². The van der Waals surface area contributed by atoms with Crippen LogP contribution >= 0.6 is 0 Å². The van der Waals surface area contributed by atoms with Crippen LogP contribution in [0.2, 0.25) is 0 Å². The van der Waals surface area contributed by atoms with E-state index in [1.165, 1.54) is 4.90 Å². The molecule has 0 unspecified atom stereocenters. The molecular formula is C23H28N2O3. The van der Waals surface area contributed by atoms with Gasteiger partial charge >= 0.3 is 0 Å². The normalized spacial score (nSPS) is 29.1. The maximum absolute atomic E-state index is 13.4. The van der Waals surface area contributed by atoms with Crippen molar-refractivity contribution in [2.45, 2.75) is 39.2 Å². The average Bonchev–Trinajstić information content (AvgIpc) is 3.01. The number of nitrogens with zero attached hydrogens (tertiary/aromatic N) is 2. The van der Waals surface area contributed by atoms with Gasteiger partial charge in [0.1, 0.15) is 6.04 Å². The number of hydrogen-bond donors (Lipinski definition) is 0. The maximum Gasteiger partial charge on any atom is 0.246 e. The van der Waals surface area contributed by atoms with Crippen LogP contribution in [0, 0.1) is 23.7 Å². The predicted octanol–water partition coefficient (Wildman–Crippen LogP) is 2.66. The van der Waals surface area contributed by atoms with Gasteiger partial charge in [-0.1, -0.05) is 42.5 Å². The number of amides is 3. The molecule has 5 atom stereocenters. The lowest BCUT2D eigenvalue weighted by Crippen LogP contribution is -2.52. The Bertz CT molecular complexity index is 767. The first kappa shape index (κ1) is 18.9. The van der Waals surface area contributed by atoms with Crippen molar-refractivity contribution < 1.29 is 14.4 Å². The summed E-state index contributed by atoms with van der Waals surface area (Å²) in [6.07, 6.45) is 6.52. The molecule has 5 rings (SSSR count). The van der Waals surface area contributed by atoms with Crippen molar-refractivity contribution in [3.05, 3.63) is 48.0 Å². The van der Waals surface area contributed by atoms with E-state index >= 15 is 0 Å². The van der Waals surface area contributed by atoms with E-state index < -0.39 is 6.04 Å². The van der Waals surface area contributed by atoms with E-state index in [-0.39, 0.29) is 41.4 Å². The molecule has 1 aliphatic heterocycles. The van der Waals surface area contributed by atoms with Crippen LogP contribution in [0.15, 0.2) is 42.5 Å². The van der Waals surface area contributed by atoms with E-state index in [0.29, 0.717) is 19.5 Å². The van der Waals surface area contributed by atoms with E-state index in [9.17, 15) is 14.4 Å². The number of benzene rings is 1. The third kappa shape index (κ3) is 2.97. The zero-order valence-corrected chi connectivity index (χ0v) is 16.6. The smallest absolute Gasteiger partial charge is 0.246 e. The van der Waals surface area contributed by atoms with E-state index in [2.05, 4.69) is 12.2 Å². The number of hydrogen-bond acceptors (Lipinski definition) is 3. The Morgan fingerprint density at radius 2 is 1.54 bits per heavy atom. The van der Waals surface area contributed by atoms with E-state index in [0.717, 1.165) is 18.4 Å². The van der Waals surface area contributed by atoms with Crippen LogP contribution in [-0.2, 0) is 20.8 Å². The summed E-state index contributed by atoms with van der Waals surface area (Å²) in [4.78, 5) is 43.1. The number of fused-ring (bicyclic) bond motifs is 1. The highest BCUT2D eigenvalue weighted by atomic mass is 16.2. The van der Waals surface area contributed by atoms with Gasteiger partial charge in [-0.15, -0.1) is 0 Å². The Hall–Kier alpha value is -2.43. The third-order valence-corrected chi connectivity index (χ3v) is 6.74. The molecule has 3 aliphatic carbocycles. The summed E-state index contributed by atoms with van der Waals surface area (Å²) in [6.45, 7) is 4.99. The molecule has 28 heavy (non-hydrogen) atoms. The summed E-state index contributed by atoms with van der Waals surface area (Å²) in [5.41, 5.74) is 0.963. The van der Waals surface area contributed by atoms with Gasteiger partial charge in [0.15, 0.2) is 0 Å². The Balaban J connectivity index is 1.69. The van der Waals surface area contributed by atoms with Crippen LogP contribution in [0.3, 0.4) is 0 Å². The molecule has 0 spiro atoms. The molecular weight excluding hydrogens is 352 g/mol. The van der Waals surface area contributed by atoms with Crippen molar-refractivity contribution in [1.29, 1.82) is 0 Å². The molecule has 2 fully saturated rings. The lowest BCUT2D eigenvalue weighted by molar-refractivity contribution is -0.151. The van der Waals surface area contributed by atoms with Crippen molar-refractivity contribution >= 4 is 17.7 Å². The minimum absolute atomic E-state index is 0.130. The number of likely N-dealkylation sites (tertiary alicyclic amines) is 1. The fourth-order valence-electron chi connectivity index (χ4n) is 5.28. The van der Waals surface area contributed by atoms with Crippen LogP contribution in [0.25, 0.3) is 0 Å². The molecule has 3 amide bonds. The van der Waals surface area contributed by atoms with E-state index in [4.69, 9.17) is 0 Å². The summed E-state index contributed by atoms with van der Waals surface area (Å²) in [7, 11) is 0. The lowest BCUT2D eigenvalue weighted by Gasteiger charge is -2.38. The summed E-state index contributed by atoms with van der Waals surface area (Å²) in [6, 6.07) is 8.91. The Labute approximate surface area is 166 Å². The number of rotatable bonds is 6. The Kier molecular flexibility index (Phi) is 5.09. The second-order valence-electron chi connectivity index (χ2n) is 8.10. The van der Waals surface area contributed by atoms with Gasteiger partial charge in [-0.2, -0.15) is 0 Å². The van der Waals surface area contributed by atoms with Gasteiger partial charge in [-0.3, -0.25) is 19.3 Å². The highest BCUT2D eigenvalue weighted by Gasteiger charge is 2.58. The Morgan fingerprint density at radius 1 is 1.00 bits per heavy atom. The number of likely N-dealkylation sites (N-methyl/N-ethyl adjacent to an activating group) is 1. The molecule has 5 heteroatoms. The molecule has 1 saturated heterocycles. The summed E-state index contributed by atoms with van der Waals surface area (Å²) >= 11 is 0. The molecule has 4 aliphatic rings. The van der Waals surface area contributed by atoms with E-state index in [1.807, 2.05) is 44.2 Å². The van der Waals surface area contributed by atoms with Crippen LogP contribution in [0.4, 0.5) is 0 Å². The van der Waals surface area contributed by atoms with Crippen molar-refractivity contribution in [3.63, 3.8) is 0 Å². The first-order valence-electron chi connectivity index (χ1n) is 10.4. The van der Waals surface area contributed by atoms with Crippen LogP contribution in [-0.4, -0.2) is 46.7 Å². The molecule has 5 nitrogen and oxygen atoms in total. The second-order valence-corrected chi connectivity index (χ2v) is 8.10. The molecule has 0 radical (unpaired) electrons. The SMILES string of the molecule is CCN(CC)C(=O)[C@H](Cc1ccccc1)N1C(=O)[C@@H]2[C@H](C1=O)[C@H]1C=C[C@H]2CC1. The van der Waals surface area contributed by atoms with Gasteiger partial charge in [0.25, 0.3) is 0 Å². The maximum atomic E-state index is 13.4. The molecule has 0 aromatic heterocycles. The topological polar surface area (TPSA) is 57.7 Å². The first-order valence-corrected chi connectivity index (χ1v) is 10.4. The summed E-state index contributed by atoms with van der Waals surface area (Å²) in [5.74, 6) is -0.701. The van der Waals surface area contributed by atoms with Crippen LogP contribution in [0.5, 0.6) is 0 Å². The average molecular weight is 380 g/mol. The van der Waals surface area contributed by atoms with Gasteiger partial charge in [-0.25, -0.2) is 0 Å². The molecule has 2 bridgehead atoms. The number of carbonyl (C=O) groups excluding carboxylic acids is 3. The minimum Gasteiger partial charge on any atom is -0.341 e. The van der Waals surface area contributed by atoms with Gasteiger partial charge in [0.05, 0.1) is 11.8 Å². The lowest BCUT2D eigenvalue weighted by atomic mass is 9.63. The monoisotopic (exact) mass is 380 g/mol. The molecule has 1 aromatic carbocycles. The largest absolute Gasteiger partial charge is 0.341 e. The minimum atomic E-state index is -0.757. The highest BCUT2D eigenvalue weighted by molar-refractivity contribution is 6.09. The molecule has 148 valence electrons. The number of imide groups is 1. The van der Waals surface area contributed by atoms with E-state index in [1.54, 1.807) is 4.90 Å². The standard InChI is InChI=1S/C23H28N2O3/c1-3-24(4-2)21(26)18(14-15-8-6-5-7-9-15)25-22(27)19-16-10-11-17(13-12-16)20(19)23(25)28/h5-11,16-20H,3-4,12-14H2,1-2H3/t16-,17-,18-,19-,20+/m0/s1. The van der Waals surface area contributed by atoms with Crippen molar-refractivity contribution in [3.8, 4) is 0 Å². The molecule has 1 heterocycles. The zero-order chi connectivity index (χ0) is 19.8. The van der Waals surface area contributed by atoms with Crippen molar-refractivity contribution in [2.24, 2.45) is 23.7 Å². The van der Waals surface area contributed by atoms with Gasteiger partial charge in [0, 0.05) is 19.5 Å². The quantitative estimate of drug-likeness (QED) is 0.563. The second kappa shape index (κ2) is 7.53. The van der Waals surface area contributed by atoms with Crippen LogP contribution in [0.1, 0.15) is 32.3 Å². The first-order chi connectivity index (χ1) is 13.6. The zero-order valence-electron chi connectivity index (χ0n) is 16.6. The number of carbonyl (C=O) groups is 3. The molecule has 1 aromatic rings. The third-order valence-electron chi connectivity index (χ3n) is 6.74. The van der Waals surface area contributed by atoms with Crippen molar-refractivity contribution in [2.75, 3.05) is 13.1 Å². The fraction of sp³-hybridized carbons (Fsp3) is 0.522. The van der Waals surface area contributed by atoms with Gasteiger partial charge in [0.2, 0.25) is 17.7 Å². The highest BCUT2D eigenvalue weighted by Crippen LogP contribution is 2.50. The van der Waals surface area contributed by atoms with Gasteiger partial charge in [-0.05, 0) is 44.1 Å². The van der Waals surface area contributed by atoms with Crippen molar-refractivity contribution in [1.82, 2.24) is 9.80 Å². The summed E-state index contributed by atoms with van der Waals surface area (Å²) < 4.78 is 0. The molecule has 1 saturated carbocycles. The number of allylic oxidation sites excluding steroid dienone is 2. The molecule has 0 N–H and O–H groups in total. The predicted molar refractivity (Wildman–Crippen MR) is 106 cm³/mol.